The first-order valence-electron chi connectivity index (χ1n) is 33.3. The topological polar surface area (TPSA) is 237 Å². The molecule has 82 heavy (non-hydrogen) atoms. The van der Waals surface area contributed by atoms with Gasteiger partial charge in [0.15, 0.2) is 12.2 Å². The first-order chi connectivity index (χ1) is 39.7. The quantitative estimate of drug-likeness (QED) is 0.0222. The highest BCUT2D eigenvalue weighted by Crippen LogP contribution is 2.45. The molecule has 0 rings (SSSR count). The SMILES string of the molecule is CCCCCCCCCCCCCCCC(=O)O[C@H](COC(=O)CCCCCCCCCCCCC)COP(=O)(O)OC[C@@H](O)COP(=O)(O)OC[C@@H](COC(=O)CCCCCCCCCCC)OC(=O)CCCCCCCCCCC. The van der Waals surface area contributed by atoms with Gasteiger partial charge in [-0.25, -0.2) is 9.13 Å². The molecule has 0 aromatic carbocycles. The number of phosphoric acid groups is 2. The number of unbranched alkanes of at least 4 members (excludes halogenated alkanes) is 38. The van der Waals surface area contributed by atoms with Crippen LogP contribution in [0.1, 0.15) is 323 Å². The van der Waals surface area contributed by atoms with Gasteiger partial charge in [-0.2, -0.15) is 0 Å². The second-order valence-electron chi connectivity index (χ2n) is 22.8. The van der Waals surface area contributed by atoms with E-state index in [-0.39, 0.29) is 25.7 Å². The van der Waals surface area contributed by atoms with E-state index >= 15 is 0 Å². The minimum Gasteiger partial charge on any atom is -0.462 e. The van der Waals surface area contributed by atoms with Crippen molar-refractivity contribution < 1.29 is 80.2 Å². The normalized spacial score (nSPS) is 14.2. The van der Waals surface area contributed by atoms with Crippen molar-refractivity contribution in [1.82, 2.24) is 0 Å². The van der Waals surface area contributed by atoms with Crippen LogP contribution in [0.25, 0.3) is 0 Å². The van der Waals surface area contributed by atoms with Gasteiger partial charge in [0.05, 0.1) is 26.4 Å². The molecular weight excluding hydrogens is 1090 g/mol. The van der Waals surface area contributed by atoms with Gasteiger partial charge in [0.25, 0.3) is 0 Å². The number of esters is 4. The number of hydrogen-bond acceptors (Lipinski definition) is 15. The Labute approximate surface area is 498 Å². The van der Waals surface area contributed by atoms with Crippen LogP contribution < -0.4 is 0 Å². The van der Waals surface area contributed by atoms with Crippen molar-refractivity contribution in [1.29, 1.82) is 0 Å². The number of rotatable bonds is 64. The fourth-order valence-corrected chi connectivity index (χ4v) is 11.0. The largest absolute Gasteiger partial charge is 0.472 e. The Kier molecular flexibility index (Phi) is 56.7. The minimum absolute atomic E-state index is 0.106. The summed E-state index contributed by atoms with van der Waals surface area (Å²) in [7, 11) is -9.88. The molecule has 0 aromatic rings. The highest BCUT2D eigenvalue weighted by molar-refractivity contribution is 7.47. The van der Waals surface area contributed by atoms with Crippen molar-refractivity contribution in [2.24, 2.45) is 0 Å². The van der Waals surface area contributed by atoms with Crippen LogP contribution in [-0.2, 0) is 65.4 Å². The van der Waals surface area contributed by atoms with Gasteiger partial charge < -0.3 is 33.8 Å². The third-order valence-corrected chi connectivity index (χ3v) is 16.5. The van der Waals surface area contributed by atoms with Crippen LogP contribution in [0.2, 0.25) is 0 Å². The molecular formula is C63H122O17P2. The molecule has 0 spiro atoms. The monoisotopic (exact) mass is 1210 g/mol. The van der Waals surface area contributed by atoms with Gasteiger partial charge in [0.1, 0.15) is 19.3 Å². The number of phosphoric ester groups is 2. The zero-order chi connectivity index (χ0) is 60.5. The summed E-state index contributed by atoms with van der Waals surface area (Å²) in [6.45, 7) is 4.86. The van der Waals surface area contributed by atoms with E-state index < -0.39 is 97.5 Å². The molecule has 0 saturated heterocycles. The second kappa shape index (κ2) is 58.1. The van der Waals surface area contributed by atoms with Crippen LogP contribution in [0.4, 0.5) is 0 Å². The van der Waals surface area contributed by atoms with Gasteiger partial charge in [0, 0.05) is 25.7 Å². The Bertz CT molecular complexity index is 1590. The number of hydrogen-bond donors (Lipinski definition) is 3. The van der Waals surface area contributed by atoms with Gasteiger partial charge in [-0.15, -0.1) is 0 Å². The lowest BCUT2D eigenvalue weighted by atomic mass is 10.0. The molecule has 486 valence electrons. The third kappa shape index (κ3) is 57.2. The van der Waals surface area contributed by atoms with Crippen molar-refractivity contribution in [3.05, 3.63) is 0 Å². The maximum Gasteiger partial charge on any atom is 0.472 e. The van der Waals surface area contributed by atoms with E-state index in [0.717, 1.165) is 89.9 Å². The van der Waals surface area contributed by atoms with Crippen molar-refractivity contribution in [3.8, 4) is 0 Å². The predicted molar refractivity (Wildman–Crippen MR) is 326 cm³/mol. The molecule has 5 atom stereocenters. The van der Waals surface area contributed by atoms with Gasteiger partial charge in [-0.3, -0.25) is 37.3 Å². The molecule has 0 amide bonds. The molecule has 0 aliphatic carbocycles. The van der Waals surface area contributed by atoms with Crippen LogP contribution in [0.15, 0.2) is 0 Å². The molecule has 0 aliphatic rings. The summed E-state index contributed by atoms with van der Waals surface area (Å²) in [4.78, 5) is 72.1. The molecule has 2 unspecified atom stereocenters. The number of ether oxygens (including phenoxy) is 4. The van der Waals surface area contributed by atoms with Crippen molar-refractivity contribution in [2.75, 3.05) is 39.6 Å². The van der Waals surface area contributed by atoms with E-state index in [1.54, 1.807) is 0 Å². The maximum atomic E-state index is 13.0. The van der Waals surface area contributed by atoms with Gasteiger partial charge in [0.2, 0.25) is 0 Å². The fourth-order valence-electron chi connectivity index (χ4n) is 9.46. The highest BCUT2D eigenvalue weighted by atomic mass is 31.2. The standard InChI is InChI=1S/C63H122O17P2/c1-5-9-13-17-21-25-27-28-30-34-38-42-46-50-63(68)80-59(54-74-61(66)48-44-40-36-33-29-26-22-18-14-10-6-2)56-78-82(71,72)76-52-57(64)51-75-81(69,70)77-55-58(79-62(67)49-45-41-37-32-24-20-16-12-8-4)53-73-60(65)47-43-39-35-31-23-19-15-11-7-3/h57-59,64H,5-56H2,1-4H3,(H,69,70)(H,71,72)/t57-,58+,59+/m0/s1. The van der Waals surface area contributed by atoms with Crippen LogP contribution >= 0.6 is 15.6 Å². The first kappa shape index (κ1) is 80.1. The van der Waals surface area contributed by atoms with E-state index in [2.05, 4.69) is 27.7 Å². The van der Waals surface area contributed by atoms with E-state index in [1.165, 1.54) is 154 Å². The molecule has 0 aromatic heterocycles. The summed E-state index contributed by atoms with van der Waals surface area (Å²) in [6.07, 6.45) is 42.9. The summed E-state index contributed by atoms with van der Waals surface area (Å²) >= 11 is 0. The number of aliphatic hydroxyl groups is 1. The lowest BCUT2D eigenvalue weighted by molar-refractivity contribution is -0.161. The molecule has 19 heteroatoms. The van der Waals surface area contributed by atoms with E-state index in [4.69, 9.17) is 37.0 Å². The van der Waals surface area contributed by atoms with E-state index in [1.807, 2.05) is 0 Å². The highest BCUT2D eigenvalue weighted by Gasteiger charge is 2.30. The van der Waals surface area contributed by atoms with Crippen LogP contribution in [0.3, 0.4) is 0 Å². The van der Waals surface area contributed by atoms with E-state index in [9.17, 15) is 43.2 Å². The third-order valence-electron chi connectivity index (χ3n) is 14.6. The predicted octanol–water partition coefficient (Wildman–Crippen LogP) is 17.5. The van der Waals surface area contributed by atoms with Crippen molar-refractivity contribution >= 4 is 39.5 Å². The van der Waals surface area contributed by atoms with Gasteiger partial charge >= 0.3 is 39.5 Å². The Hall–Kier alpha value is -1.94. The summed E-state index contributed by atoms with van der Waals surface area (Å²) in [5, 5.41) is 10.5. The molecule has 0 saturated carbocycles. The van der Waals surface area contributed by atoms with Crippen LogP contribution in [-0.4, -0.2) is 96.7 Å². The molecule has 0 fully saturated rings. The molecule has 17 nitrogen and oxygen atoms in total. The van der Waals surface area contributed by atoms with Gasteiger partial charge in [-0.05, 0) is 25.7 Å². The lowest BCUT2D eigenvalue weighted by Crippen LogP contribution is -2.30. The average molecular weight is 1210 g/mol. The Morgan fingerprint density at radius 3 is 0.720 bits per heavy atom. The van der Waals surface area contributed by atoms with Gasteiger partial charge in [-0.1, -0.05) is 272 Å². The van der Waals surface area contributed by atoms with Crippen LogP contribution in [0, 0.1) is 0 Å². The minimum atomic E-state index is -4.94. The van der Waals surface area contributed by atoms with Crippen LogP contribution in [0.5, 0.6) is 0 Å². The number of carbonyl (C=O) groups excluding carboxylic acids is 4. The van der Waals surface area contributed by atoms with Crippen molar-refractivity contribution in [2.45, 2.75) is 341 Å². The summed E-state index contributed by atoms with van der Waals surface area (Å²) < 4.78 is 67.9. The van der Waals surface area contributed by atoms with E-state index in [0.29, 0.717) is 25.7 Å². The summed E-state index contributed by atoms with van der Waals surface area (Å²) in [6, 6.07) is 0. The lowest BCUT2D eigenvalue weighted by Gasteiger charge is -2.21. The average Bonchev–Trinajstić information content (AvgIpc) is 3.47. The zero-order valence-corrected chi connectivity index (χ0v) is 54.2. The summed E-state index contributed by atoms with van der Waals surface area (Å²) in [5.74, 6) is -2.13. The Morgan fingerprint density at radius 1 is 0.293 bits per heavy atom. The fraction of sp³-hybridized carbons (Fsp3) is 0.937. The smallest absolute Gasteiger partial charge is 0.462 e. The molecule has 0 heterocycles. The number of carbonyl (C=O) groups is 4. The molecule has 0 bridgehead atoms. The first-order valence-corrected chi connectivity index (χ1v) is 36.3. The maximum absolute atomic E-state index is 13.0. The number of aliphatic hydroxyl groups excluding tert-OH is 1. The Balaban J connectivity index is 5.22. The summed E-state index contributed by atoms with van der Waals surface area (Å²) in [5.41, 5.74) is 0. The van der Waals surface area contributed by atoms with Crippen molar-refractivity contribution in [3.63, 3.8) is 0 Å². The molecule has 3 N–H and O–H groups in total. The second-order valence-corrected chi connectivity index (χ2v) is 25.7. The molecule has 0 radical (unpaired) electrons. The Morgan fingerprint density at radius 2 is 0.488 bits per heavy atom. The molecule has 0 aliphatic heterocycles. The zero-order valence-electron chi connectivity index (χ0n) is 52.5.